The number of ether oxygens (including phenoxy) is 1. The maximum absolute atomic E-state index is 13.2. The first-order valence-corrected chi connectivity index (χ1v) is 10.5. The zero-order valence-corrected chi connectivity index (χ0v) is 18.0. The second-order valence-electron chi connectivity index (χ2n) is 6.74. The number of halogens is 2. The molecule has 0 bridgehead atoms. The third kappa shape index (κ3) is 5.94. The van der Waals surface area contributed by atoms with Gasteiger partial charge in [0.1, 0.15) is 22.5 Å². The lowest BCUT2D eigenvalue weighted by molar-refractivity contribution is 0.145. The van der Waals surface area contributed by atoms with Crippen LogP contribution >= 0.6 is 11.8 Å². The van der Waals surface area contributed by atoms with Crippen molar-refractivity contribution in [1.29, 1.82) is 5.26 Å². The fraction of sp³-hybridized carbons (Fsp3) is 0.217. The van der Waals surface area contributed by atoms with Crippen LogP contribution in [0.1, 0.15) is 34.4 Å². The standard InChI is InChI=1S/C23H22F2N4OS/c1-15-10-20(22(24)25)28-23(19(15)12-26)31-14-17-11-16(8-9-21(17)30-2)13-27-29-18-6-4-3-5-7-18/h3-11,22,27,29H,13-14H2,1-2H3. The van der Waals surface area contributed by atoms with Gasteiger partial charge in [0.15, 0.2) is 0 Å². The van der Waals surface area contributed by atoms with E-state index in [0.29, 0.717) is 34.2 Å². The molecule has 0 aliphatic rings. The monoisotopic (exact) mass is 440 g/mol. The van der Waals surface area contributed by atoms with E-state index in [1.807, 2.05) is 48.5 Å². The highest BCUT2D eigenvalue weighted by molar-refractivity contribution is 7.98. The van der Waals surface area contributed by atoms with Gasteiger partial charge >= 0.3 is 0 Å². The van der Waals surface area contributed by atoms with E-state index < -0.39 is 6.43 Å². The largest absolute Gasteiger partial charge is 0.496 e. The van der Waals surface area contributed by atoms with Gasteiger partial charge in [0.2, 0.25) is 0 Å². The number of nitrogens with one attached hydrogen (secondary N) is 2. The van der Waals surface area contributed by atoms with Crippen LogP contribution in [0.5, 0.6) is 5.75 Å². The normalized spacial score (nSPS) is 10.7. The number of methoxy groups -OCH3 is 1. The van der Waals surface area contributed by atoms with Crippen LogP contribution < -0.4 is 15.6 Å². The molecule has 1 heterocycles. The number of nitriles is 1. The maximum atomic E-state index is 13.2. The van der Waals surface area contributed by atoms with E-state index in [0.717, 1.165) is 16.8 Å². The summed E-state index contributed by atoms with van der Waals surface area (Å²) in [5.74, 6) is 1.12. The highest BCUT2D eigenvalue weighted by Crippen LogP contribution is 2.32. The number of para-hydroxylation sites is 1. The number of hydrazine groups is 1. The highest BCUT2D eigenvalue weighted by atomic mass is 32.2. The molecule has 0 saturated carbocycles. The zero-order chi connectivity index (χ0) is 22.2. The number of hydrogen-bond acceptors (Lipinski definition) is 6. The van der Waals surface area contributed by atoms with Crippen molar-refractivity contribution < 1.29 is 13.5 Å². The predicted molar refractivity (Wildman–Crippen MR) is 118 cm³/mol. The molecule has 0 saturated heterocycles. The van der Waals surface area contributed by atoms with Crippen molar-refractivity contribution in [3.63, 3.8) is 0 Å². The smallest absolute Gasteiger partial charge is 0.280 e. The summed E-state index contributed by atoms with van der Waals surface area (Å²) in [5.41, 5.74) is 9.65. The minimum Gasteiger partial charge on any atom is -0.496 e. The average Bonchev–Trinajstić information content (AvgIpc) is 2.78. The van der Waals surface area contributed by atoms with Gasteiger partial charge in [-0.25, -0.2) is 19.2 Å². The highest BCUT2D eigenvalue weighted by Gasteiger charge is 2.17. The summed E-state index contributed by atoms with van der Waals surface area (Å²) in [7, 11) is 1.58. The summed E-state index contributed by atoms with van der Waals surface area (Å²) in [4.78, 5) is 4.01. The number of aryl methyl sites for hydroxylation is 1. The fourth-order valence-electron chi connectivity index (χ4n) is 2.99. The van der Waals surface area contributed by atoms with Crippen molar-refractivity contribution in [3.05, 3.63) is 82.5 Å². The molecule has 31 heavy (non-hydrogen) atoms. The van der Waals surface area contributed by atoms with E-state index in [9.17, 15) is 14.0 Å². The summed E-state index contributed by atoms with van der Waals surface area (Å²) in [6.07, 6.45) is -2.69. The van der Waals surface area contributed by atoms with Gasteiger partial charge in [0.25, 0.3) is 6.43 Å². The second-order valence-corrected chi connectivity index (χ2v) is 7.70. The molecular formula is C23H22F2N4OS. The van der Waals surface area contributed by atoms with Gasteiger partial charge in [-0.1, -0.05) is 24.3 Å². The fourth-order valence-corrected chi connectivity index (χ4v) is 4.03. The molecule has 0 amide bonds. The predicted octanol–water partition coefficient (Wildman–Crippen LogP) is 5.62. The first-order valence-electron chi connectivity index (χ1n) is 9.54. The summed E-state index contributed by atoms with van der Waals surface area (Å²) >= 11 is 1.25. The Bertz CT molecular complexity index is 1070. The SMILES string of the molecule is COc1ccc(CNNc2ccccc2)cc1CSc1nc(C(F)F)cc(C)c1C#N. The Morgan fingerprint density at radius 1 is 1.16 bits per heavy atom. The molecular weight excluding hydrogens is 418 g/mol. The number of alkyl halides is 2. The first kappa shape index (κ1) is 22.5. The van der Waals surface area contributed by atoms with Crippen molar-refractivity contribution in [3.8, 4) is 11.8 Å². The van der Waals surface area contributed by atoms with Crippen LogP contribution in [0.15, 0.2) is 59.6 Å². The number of thioether (sulfide) groups is 1. The van der Waals surface area contributed by atoms with Crippen molar-refractivity contribution in [2.45, 2.75) is 30.7 Å². The van der Waals surface area contributed by atoms with Crippen molar-refractivity contribution in [2.75, 3.05) is 12.5 Å². The van der Waals surface area contributed by atoms with Crippen LogP contribution in [0.2, 0.25) is 0 Å². The third-order valence-electron chi connectivity index (χ3n) is 4.55. The quantitative estimate of drug-likeness (QED) is 0.333. The van der Waals surface area contributed by atoms with Crippen LogP contribution in [0.3, 0.4) is 0 Å². The van der Waals surface area contributed by atoms with Gasteiger partial charge in [-0.2, -0.15) is 5.26 Å². The van der Waals surface area contributed by atoms with E-state index in [-0.39, 0.29) is 5.69 Å². The van der Waals surface area contributed by atoms with Crippen LogP contribution in [0.25, 0.3) is 0 Å². The Balaban J connectivity index is 1.74. The minimum atomic E-state index is -2.69. The summed E-state index contributed by atoms with van der Waals surface area (Å²) in [6, 6.07) is 18.9. The summed E-state index contributed by atoms with van der Waals surface area (Å²) in [6.45, 7) is 2.21. The number of anilines is 1. The molecule has 0 radical (unpaired) electrons. The molecule has 8 heteroatoms. The lowest BCUT2D eigenvalue weighted by atomic mass is 10.1. The van der Waals surface area contributed by atoms with Crippen LogP contribution in [0.4, 0.5) is 14.5 Å². The molecule has 1 aromatic heterocycles. The minimum absolute atomic E-state index is 0.300. The van der Waals surface area contributed by atoms with Crippen LogP contribution in [0, 0.1) is 18.3 Å². The molecule has 3 aromatic rings. The number of benzene rings is 2. The van der Waals surface area contributed by atoms with Gasteiger partial charge in [0, 0.05) is 23.5 Å². The Morgan fingerprint density at radius 2 is 1.94 bits per heavy atom. The van der Waals surface area contributed by atoms with Gasteiger partial charge in [-0.05, 0) is 48.4 Å². The average molecular weight is 441 g/mol. The van der Waals surface area contributed by atoms with Gasteiger partial charge in [-0.3, -0.25) is 0 Å². The molecule has 0 atom stereocenters. The Hall–Kier alpha value is -3.15. The van der Waals surface area contributed by atoms with Crippen molar-refractivity contribution in [2.24, 2.45) is 0 Å². The van der Waals surface area contributed by atoms with E-state index in [1.165, 1.54) is 17.8 Å². The summed E-state index contributed by atoms with van der Waals surface area (Å²) < 4.78 is 31.8. The molecule has 0 aliphatic heterocycles. The van der Waals surface area contributed by atoms with Gasteiger partial charge < -0.3 is 10.2 Å². The number of rotatable bonds is 9. The van der Waals surface area contributed by atoms with Gasteiger partial charge in [0.05, 0.1) is 12.7 Å². The second kappa shape index (κ2) is 10.8. The van der Waals surface area contributed by atoms with Crippen LogP contribution in [-0.2, 0) is 12.3 Å². The molecule has 0 aliphatic carbocycles. The Labute approximate surface area is 184 Å². The first-order chi connectivity index (χ1) is 15.0. The van der Waals surface area contributed by atoms with E-state index in [4.69, 9.17) is 4.74 Å². The van der Waals surface area contributed by atoms with E-state index in [1.54, 1.807) is 14.0 Å². The molecule has 5 nitrogen and oxygen atoms in total. The summed E-state index contributed by atoms with van der Waals surface area (Å²) in [5, 5.41) is 9.73. The lowest BCUT2D eigenvalue weighted by Crippen LogP contribution is -2.20. The lowest BCUT2D eigenvalue weighted by Gasteiger charge is -2.13. The number of pyridine rings is 1. The molecule has 160 valence electrons. The Kier molecular flexibility index (Phi) is 7.82. The number of nitrogens with zero attached hydrogens (tertiary/aromatic N) is 2. The molecule has 0 spiro atoms. The van der Waals surface area contributed by atoms with E-state index in [2.05, 4.69) is 21.9 Å². The molecule has 2 N–H and O–H groups in total. The molecule has 3 rings (SSSR count). The topological polar surface area (TPSA) is 70.0 Å². The van der Waals surface area contributed by atoms with Gasteiger partial charge in [-0.15, -0.1) is 11.8 Å². The zero-order valence-electron chi connectivity index (χ0n) is 17.2. The molecule has 0 fully saturated rings. The molecule has 0 unspecified atom stereocenters. The Morgan fingerprint density at radius 3 is 2.61 bits per heavy atom. The van der Waals surface area contributed by atoms with Crippen molar-refractivity contribution >= 4 is 17.4 Å². The van der Waals surface area contributed by atoms with Crippen LogP contribution in [-0.4, -0.2) is 12.1 Å². The molecule has 2 aromatic carbocycles. The third-order valence-corrected chi connectivity index (χ3v) is 5.57. The van der Waals surface area contributed by atoms with E-state index >= 15 is 0 Å². The number of hydrogen-bond donors (Lipinski definition) is 2. The van der Waals surface area contributed by atoms with Crippen molar-refractivity contribution in [1.82, 2.24) is 10.4 Å². The maximum Gasteiger partial charge on any atom is 0.280 e. The number of aromatic nitrogens is 1.